The van der Waals surface area contributed by atoms with Gasteiger partial charge in [0.25, 0.3) is 0 Å². The summed E-state index contributed by atoms with van der Waals surface area (Å²) in [6.07, 6.45) is 0. The van der Waals surface area contributed by atoms with Crippen molar-refractivity contribution in [3.63, 3.8) is 0 Å². The van der Waals surface area contributed by atoms with E-state index in [0.29, 0.717) is 0 Å². The molecule has 0 aromatic heterocycles. The third-order valence-electron chi connectivity index (χ3n) is 9.25. The van der Waals surface area contributed by atoms with Gasteiger partial charge >= 0.3 is 0 Å². The van der Waals surface area contributed by atoms with Crippen LogP contribution in [-0.2, 0) is 21.7 Å². The first-order chi connectivity index (χ1) is 20.5. The molecule has 45 heavy (non-hydrogen) atoms. The van der Waals surface area contributed by atoms with Crippen molar-refractivity contribution in [1.82, 2.24) is 0 Å². The second kappa shape index (κ2) is 11.8. The molecule has 0 saturated carbocycles. The SMILES string of the molecule is Cc1cc(C(C)(C)C)cc(C)c1-c1ccc(C(C)(C)C)cc1Oc1cc(C(C)(C)C)ccc1-c1c(C)cc(C(C)(C)C)cc1C. The Morgan fingerprint density at radius 3 is 0.867 bits per heavy atom. The van der Waals surface area contributed by atoms with E-state index in [-0.39, 0.29) is 21.7 Å². The van der Waals surface area contributed by atoms with Gasteiger partial charge in [-0.05, 0) is 117 Å². The highest BCUT2D eigenvalue weighted by Gasteiger charge is 2.25. The van der Waals surface area contributed by atoms with E-state index in [1.54, 1.807) is 0 Å². The third-order valence-corrected chi connectivity index (χ3v) is 9.25. The largest absolute Gasteiger partial charge is 0.456 e. The van der Waals surface area contributed by atoms with E-state index in [1.165, 1.54) is 55.6 Å². The Hall–Kier alpha value is -3.32. The molecule has 1 heteroatoms. The zero-order chi connectivity index (χ0) is 33.9. The fraction of sp³-hybridized carbons (Fsp3) is 0.455. The first kappa shape index (κ1) is 34.6. The summed E-state index contributed by atoms with van der Waals surface area (Å²) in [6, 6.07) is 23.1. The standard InChI is InChI=1S/C44H58O/c1-27-21-33(43(11,12)13)22-28(2)39(27)35-19-17-31(41(5,6)7)25-37(35)45-38-26-32(42(8,9)10)18-20-36(38)40-29(3)23-34(24-30(40)4)44(14,15)16/h17-26H,1-16H3. The molecule has 0 radical (unpaired) electrons. The molecule has 1 nitrogen and oxygen atoms in total. The molecule has 0 N–H and O–H groups in total. The maximum atomic E-state index is 7.24. The first-order valence-corrected chi connectivity index (χ1v) is 16.7. The predicted octanol–water partition coefficient (Wildman–Crippen LogP) is 13.2. The van der Waals surface area contributed by atoms with Crippen molar-refractivity contribution < 1.29 is 4.74 Å². The van der Waals surface area contributed by atoms with Gasteiger partial charge in [-0.25, -0.2) is 0 Å². The van der Waals surface area contributed by atoms with Crippen molar-refractivity contribution in [2.45, 2.75) is 132 Å². The van der Waals surface area contributed by atoms with Gasteiger partial charge in [0.05, 0.1) is 0 Å². The average Bonchev–Trinajstić information content (AvgIpc) is 2.87. The van der Waals surface area contributed by atoms with Gasteiger partial charge in [0.1, 0.15) is 11.5 Å². The van der Waals surface area contributed by atoms with Gasteiger partial charge in [-0.15, -0.1) is 0 Å². The second-order valence-electron chi connectivity index (χ2n) is 17.5. The Labute approximate surface area is 275 Å². The summed E-state index contributed by atoms with van der Waals surface area (Å²) in [5, 5.41) is 0. The van der Waals surface area contributed by atoms with Crippen LogP contribution in [0.1, 0.15) is 128 Å². The zero-order valence-electron chi connectivity index (χ0n) is 31.2. The van der Waals surface area contributed by atoms with Crippen LogP contribution in [-0.4, -0.2) is 0 Å². The van der Waals surface area contributed by atoms with Crippen LogP contribution in [0.3, 0.4) is 0 Å². The highest BCUT2D eigenvalue weighted by Crippen LogP contribution is 2.45. The van der Waals surface area contributed by atoms with Crippen LogP contribution in [0.5, 0.6) is 11.5 Å². The number of aryl methyl sites for hydroxylation is 4. The van der Waals surface area contributed by atoms with Crippen molar-refractivity contribution in [2.24, 2.45) is 0 Å². The second-order valence-corrected chi connectivity index (χ2v) is 17.5. The molecule has 0 unspecified atom stereocenters. The molecule has 0 fully saturated rings. The number of hydrogen-bond donors (Lipinski definition) is 0. The van der Waals surface area contributed by atoms with Gasteiger partial charge < -0.3 is 4.74 Å². The van der Waals surface area contributed by atoms with E-state index in [9.17, 15) is 0 Å². The van der Waals surface area contributed by atoms with Gasteiger partial charge in [0.15, 0.2) is 0 Å². The minimum Gasteiger partial charge on any atom is -0.456 e. The lowest BCUT2D eigenvalue weighted by Crippen LogP contribution is -2.13. The predicted molar refractivity (Wildman–Crippen MR) is 198 cm³/mol. The highest BCUT2D eigenvalue weighted by atomic mass is 16.5. The number of rotatable bonds is 4. The quantitative estimate of drug-likeness (QED) is 0.226. The lowest BCUT2D eigenvalue weighted by Gasteiger charge is -2.27. The lowest BCUT2D eigenvalue weighted by atomic mass is 9.81. The normalized spacial score (nSPS) is 12.9. The van der Waals surface area contributed by atoms with Crippen molar-refractivity contribution in [1.29, 1.82) is 0 Å². The summed E-state index contributed by atoms with van der Waals surface area (Å²) in [4.78, 5) is 0. The summed E-state index contributed by atoms with van der Waals surface area (Å²) < 4.78 is 7.24. The molecule has 0 bridgehead atoms. The molecule has 0 aliphatic carbocycles. The topological polar surface area (TPSA) is 9.23 Å². The summed E-state index contributed by atoms with van der Waals surface area (Å²) >= 11 is 0. The summed E-state index contributed by atoms with van der Waals surface area (Å²) in [5.41, 5.74) is 15.3. The minimum atomic E-state index is -0.0110. The van der Waals surface area contributed by atoms with Gasteiger partial charge in [0, 0.05) is 11.1 Å². The Balaban J connectivity index is 2.01. The van der Waals surface area contributed by atoms with E-state index in [1.807, 2.05) is 0 Å². The molecule has 0 saturated heterocycles. The van der Waals surface area contributed by atoms with E-state index >= 15 is 0 Å². The Morgan fingerprint density at radius 2 is 0.622 bits per heavy atom. The number of benzene rings is 4. The van der Waals surface area contributed by atoms with E-state index in [0.717, 1.165) is 22.6 Å². The van der Waals surface area contributed by atoms with Gasteiger partial charge in [-0.2, -0.15) is 0 Å². The Bertz CT molecular complexity index is 1540. The molecule has 0 heterocycles. The smallest absolute Gasteiger partial charge is 0.135 e. The highest BCUT2D eigenvalue weighted by molar-refractivity contribution is 5.81. The van der Waals surface area contributed by atoms with Gasteiger partial charge in [0.2, 0.25) is 0 Å². The van der Waals surface area contributed by atoms with Gasteiger partial charge in [-0.3, -0.25) is 0 Å². The van der Waals surface area contributed by atoms with Crippen molar-refractivity contribution in [2.75, 3.05) is 0 Å². The van der Waals surface area contributed by atoms with Crippen LogP contribution in [0.25, 0.3) is 22.3 Å². The van der Waals surface area contributed by atoms with Crippen LogP contribution in [0, 0.1) is 27.7 Å². The van der Waals surface area contributed by atoms with Crippen LogP contribution >= 0.6 is 0 Å². The molecule has 240 valence electrons. The number of hydrogen-bond acceptors (Lipinski definition) is 1. The van der Waals surface area contributed by atoms with Crippen LogP contribution in [0.2, 0.25) is 0 Å². The van der Waals surface area contributed by atoms with Crippen molar-refractivity contribution >= 4 is 0 Å². The van der Waals surface area contributed by atoms with E-state index < -0.39 is 0 Å². The summed E-state index contributed by atoms with van der Waals surface area (Å²) in [6.45, 7) is 36.3. The Morgan fingerprint density at radius 1 is 0.356 bits per heavy atom. The minimum absolute atomic E-state index is 0.0110. The Kier molecular flexibility index (Phi) is 9.06. The lowest BCUT2D eigenvalue weighted by molar-refractivity contribution is 0.478. The molecule has 0 spiro atoms. The average molecular weight is 603 g/mol. The fourth-order valence-electron chi connectivity index (χ4n) is 6.32. The van der Waals surface area contributed by atoms with Crippen LogP contribution in [0.15, 0.2) is 60.7 Å². The monoisotopic (exact) mass is 602 g/mol. The third kappa shape index (κ3) is 7.40. The molecular formula is C44H58O. The molecule has 0 aliphatic rings. The molecular weight excluding hydrogens is 544 g/mol. The number of ether oxygens (including phenoxy) is 1. The molecule has 4 aromatic rings. The van der Waals surface area contributed by atoms with Crippen molar-refractivity contribution in [3.05, 3.63) is 105 Å². The molecule has 0 aliphatic heterocycles. The van der Waals surface area contributed by atoms with Crippen LogP contribution in [0.4, 0.5) is 0 Å². The molecule has 0 atom stereocenters. The molecule has 4 aromatic carbocycles. The molecule has 0 amide bonds. The van der Waals surface area contributed by atoms with Crippen molar-refractivity contribution in [3.8, 4) is 33.8 Å². The summed E-state index contributed by atoms with van der Waals surface area (Å²) in [5.74, 6) is 1.82. The van der Waals surface area contributed by atoms with E-state index in [2.05, 4.69) is 171 Å². The maximum Gasteiger partial charge on any atom is 0.135 e. The summed E-state index contributed by atoms with van der Waals surface area (Å²) in [7, 11) is 0. The zero-order valence-corrected chi connectivity index (χ0v) is 31.2. The fourth-order valence-corrected chi connectivity index (χ4v) is 6.32. The molecule has 4 rings (SSSR count). The van der Waals surface area contributed by atoms with Gasteiger partial charge in [-0.1, -0.05) is 132 Å². The first-order valence-electron chi connectivity index (χ1n) is 16.7. The van der Waals surface area contributed by atoms with E-state index in [4.69, 9.17) is 4.74 Å². The maximum absolute atomic E-state index is 7.24. The van der Waals surface area contributed by atoms with Crippen LogP contribution < -0.4 is 4.74 Å².